The third-order valence-corrected chi connectivity index (χ3v) is 3.42. The van der Waals surface area contributed by atoms with Crippen LogP contribution in [0.1, 0.15) is 40.5 Å². The SMILES string of the molecule is CCC1(C)NC(=O)N(CC(=O)NC(C)(C)CC(=O)O)C1=O. The lowest BCUT2D eigenvalue weighted by Crippen LogP contribution is -2.50. The molecule has 0 aromatic carbocycles. The zero-order valence-corrected chi connectivity index (χ0v) is 12.6. The summed E-state index contributed by atoms with van der Waals surface area (Å²) in [5.74, 6) is -2.08. The highest BCUT2D eigenvalue weighted by Gasteiger charge is 2.47. The summed E-state index contributed by atoms with van der Waals surface area (Å²) < 4.78 is 0. The van der Waals surface area contributed by atoms with Crippen LogP contribution in [0, 0.1) is 0 Å². The Morgan fingerprint density at radius 2 is 1.95 bits per heavy atom. The number of carboxylic acid groups (broad SMARTS) is 1. The molecule has 0 aliphatic carbocycles. The first-order chi connectivity index (χ1) is 9.50. The van der Waals surface area contributed by atoms with E-state index in [4.69, 9.17) is 5.11 Å². The second-order valence-corrected chi connectivity index (χ2v) is 6.01. The Kier molecular flexibility index (Phi) is 4.60. The molecule has 1 aliphatic rings. The molecule has 21 heavy (non-hydrogen) atoms. The van der Waals surface area contributed by atoms with Crippen molar-refractivity contribution in [1.82, 2.24) is 15.5 Å². The molecule has 0 bridgehead atoms. The van der Waals surface area contributed by atoms with E-state index in [0.717, 1.165) is 4.90 Å². The van der Waals surface area contributed by atoms with Gasteiger partial charge >= 0.3 is 12.0 Å². The summed E-state index contributed by atoms with van der Waals surface area (Å²) >= 11 is 0. The van der Waals surface area contributed by atoms with Gasteiger partial charge in [-0.1, -0.05) is 6.92 Å². The van der Waals surface area contributed by atoms with E-state index in [0.29, 0.717) is 6.42 Å². The lowest BCUT2D eigenvalue weighted by Gasteiger charge is -2.25. The smallest absolute Gasteiger partial charge is 0.325 e. The molecule has 1 saturated heterocycles. The molecular formula is C13H21N3O5. The van der Waals surface area contributed by atoms with Crippen LogP contribution in [0.25, 0.3) is 0 Å². The fourth-order valence-electron chi connectivity index (χ4n) is 2.11. The van der Waals surface area contributed by atoms with Gasteiger partial charge in [-0.05, 0) is 27.2 Å². The molecule has 118 valence electrons. The maximum atomic E-state index is 12.1. The highest BCUT2D eigenvalue weighted by atomic mass is 16.4. The Labute approximate surface area is 122 Å². The summed E-state index contributed by atoms with van der Waals surface area (Å²) in [6, 6.07) is -0.615. The van der Waals surface area contributed by atoms with E-state index >= 15 is 0 Å². The predicted octanol–water partition coefficient (Wildman–Crippen LogP) is 0.0764. The minimum absolute atomic E-state index is 0.258. The van der Waals surface area contributed by atoms with Gasteiger partial charge in [0.1, 0.15) is 12.1 Å². The van der Waals surface area contributed by atoms with Crippen molar-refractivity contribution in [2.45, 2.75) is 51.6 Å². The van der Waals surface area contributed by atoms with Gasteiger partial charge < -0.3 is 15.7 Å². The summed E-state index contributed by atoms with van der Waals surface area (Å²) in [5.41, 5.74) is -1.95. The van der Waals surface area contributed by atoms with Crippen LogP contribution in [0.5, 0.6) is 0 Å². The van der Waals surface area contributed by atoms with E-state index in [1.54, 1.807) is 27.7 Å². The predicted molar refractivity (Wildman–Crippen MR) is 73.4 cm³/mol. The molecule has 1 unspecified atom stereocenters. The van der Waals surface area contributed by atoms with E-state index in [9.17, 15) is 19.2 Å². The number of carboxylic acids is 1. The maximum absolute atomic E-state index is 12.1. The van der Waals surface area contributed by atoms with Crippen LogP contribution < -0.4 is 10.6 Å². The van der Waals surface area contributed by atoms with Crippen LogP contribution in [0.15, 0.2) is 0 Å². The molecule has 8 heteroatoms. The van der Waals surface area contributed by atoms with Crippen molar-refractivity contribution in [3.05, 3.63) is 0 Å². The monoisotopic (exact) mass is 299 g/mol. The average Bonchev–Trinajstić information content (AvgIpc) is 2.51. The summed E-state index contributed by atoms with van der Waals surface area (Å²) in [7, 11) is 0. The van der Waals surface area contributed by atoms with Gasteiger partial charge in [0.05, 0.1) is 6.42 Å². The molecule has 4 amide bonds. The Hall–Kier alpha value is -2.12. The summed E-state index contributed by atoms with van der Waals surface area (Å²) in [4.78, 5) is 47.3. The van der Waals surface area contributed by atoms with E-state index in [1.165, 1.54) is 0 Å². The van der Waals surface area contributed by atoms with E-state index in [-0.39, 0.29) is 6.42 Å². The van der Waals surface area contributed by atoms with E-state index in [1.807, 2.05) is 0 Å². The molecule has 1 fully saturated rings. The van der Waals surface area contributed by atoms with Gasteiger partial charge in [-0.2, -0.15) is 0 Å². The second-order valence-electron chi connectivity index (χ2n) is 6.01. The molecule has 1 heterocycles. The van der Waals surface area contributed by atoms with Crippen LogP contribution in [-0.2, 0) is 14.4 Å². The number of hydrogen-bond acceptors (Lipinski definition) is 4. The normalized spacial score (nSPS) is 22.2. The van der Waals surface area contributed by atoms with Crippen LogP contribution in [0.4, 0.5) is 4.79 Å². The van der Waals surface area contributed by atoms with Crippen molar-refractivity contribution in [3.8, 4) is 0 Å². The molecule has 0 spiro atoms. The van der Waals surface area contributed by atoms with Gasteiger partial charge in [0, 0.05) is 5.54 Å². The average molecular weight is 299 g/mol. The highest BCUT2D eigenvalue weighted by molar-refractivity contribution is 6.08. The molecule has 0 radical (unpaired) electrons. The van der Waals surface area contributed by atoms with Crippen molar-refractivity contribution in [1.29, 1.82) is 0 Å². The number of nitrogens with one attached hydrogen (secondary N) is 2. The minimum atomic E-state index is -1.05. The lowest BCUT2D eigenvalue weighted by atomic mass is 9.99. The zero-order chi connectivity index (χ0) is 16.4. The summed E-state index contributed by atoms with van der Waals surface area (Å²) in [5, 5.41) is 13.8. The van der Waals surface area contributed by atoms with E-state index in [2.05, 4.69) is 10.6 Å². The molecule has 3 N–H and O–H groups in total. The number of urea groups is 1. The Morgan fingerprint density at radius 3 is 2.38 bits per heavy atom. The number of nitrogens with zero attached hydrogens (tertiary/aromatic N) is 1. The van der Waals surface area contributed by atoms with Gasteiger partial charge in [-0.15, -0.1) is 0 Å². The second kappa shape index (κ2) is 5.71. The molecule has 1 atom stereocenters. The van der Waals surface area contributed by atoms with Crippen LogP contribution >= 0.6 is 0 Å². The summed E-state index contributed by atoms with van der Waals surface area (Å²) in [6.45, 7) is 6.04. The van der Waals surface area contributed by atoms with Gasteiger partial charge in [0.2, 0.25) is 5.91 Å². The highest BCUT2D eigenvalue weighted by Crippen LogP contribution is 2.20. The standard InChI is InChI=1S/C13H21N3O5/c1-5-13(4)10(20)16(11(21)15-13)7-8(17)14-12(2,3)6-9(18)19/h5-7H2,1-4H3,(H,14,17)(H,15,21)(H,18,19). The van der Waals surface area contributed by atoms with Crippen LogP contribution in [-0.4, -0.2) is 51.4 Å². The Bertz CT molecular complexity index is 488. The molecule has 0 aromatic heterocycles. The largest absolute Gasteiger partial charge is 0.481 e. The third kappa shape index (κ3) is 3.93. The first kappa shape index (κ1) is 16.9. The lowest BCUT2D eigenvalue weighted by molar-refractivity contribution is -0.139. The molecule has 8 nitrogen and oxygen atoms in total. The number of hydrogen-bond donors (Lipinski definition) is 3. The number of carbonyl (C=O) groups excluding carboxylic acids is 3. The first-order valence-electron chi connectivity index (χ1n) is 6.67. The van der Waals surface area contributed by atoms with Gasteiger partial charge in [0.15, 0.2) is 0 Å². The van der Waals surface area contributed by atoms with Gasteiger partial charge in [-0.3, -0.25) is 19.3 Å². The van der Waals surface area contributed by atoms with Gasteiger partial charge in [-0.25, -0.2) is 4.79 Å². The minimum Gasteiger partial charge on any atom is -0.481 e. The molecule has 1 aliphatic heterocycles. The third-order valence-electron chi connectivity index (χ3n) is 3.42. The number of imide groups is 1. The first-order valence-corrected chi connectivity index (χ1v) is 6.67. The number of amides is 4. The van der Waals surface area contributed by atoms with Crippen molar-refractivity contribution >= 4 is 23.8 Å². The van der Waals surface area contributed by atoms with E-state index < -0.39 is 41.4 Å². The molecule has 0 saturated carbocycles. The zero-order valence-electron chi connectivity index (χ0n) is 12.6. The molecular weight excluding hydrogens is 278 g/mol. The molecule has 1 rings (SSSR count). The van der Waals surface area contributed by atoms with Gasteiger partial charge in [0.25, 0.3) is 5.91 Å². The number of aliphatic carboxylic acids is 1. The quantitative estimate of drug-likeness (QED) is 0.600. The maximum Gasteiger partial charge on any atom is 0.325 e. The Morgan fingerprint density at radius 1 is 1.38 bits per heavy atom. The Balaban J connectivity index is 2.70. The fraction of sp³-hybridized carbons (Fsp3) is 0.692. The number of rotatable bonds is 6. The molecule has 0 aromatic rings. The van der Waals surface area contributed by atoms with Crippen molar-refractivity contribution < 1.29 is 24.3 Å². The summed E-state index contributed by atoms with van der Waals surface area (Å²) in [6.07, 6.45) is 0.158. The van der Waals surface area contributed by atoms with Crippen molar-refractivity contribution in [2.24, 2.45) is 0 Å². The van der Waals surface area contributed by atoms with Crippen LogP contribution in [0.2, 0.25) is 0 Å². The topological polar surface area (TPSA) is 116 Å². The van der Waals surface area contributed by atoms with Crippen LogP contribution in [0.3, 0.4) is 0 Å². The van der Waals surface area contributed by atoms with Crippen molar-refractivity contribution in [3.63, 3.8) is 0 Å². The fourth-order valence-corrected chi connectivity index (χ4v) is 2.11. The van der Waals surface area contributed by atoms with Crippen molar-refractivity contribution in [2.75, 3.05) is 6.54 Å². The number of carbonyl (C=O) groups is 4.